The second kappa shape index (κ2) is 14.2. The number of fused-ring (bicyclic) bond motifs is 1. The second-order valence-corrected chi connectivity index (χ2v) is 9.66. The number of morpholine rings is 1. The number of nitrogens with zero attached hydrogens (tertiary/aromatic N) is 3. The molecule has 0 atom stereocenters. The van der Waals surface area contributed by atoms with E-state index in [1.165, 1.54) is 0 Å². The minimum Gasteiger partial charge on any atom is -0.474 e. The van der Waals surface area contributed by atoms with Crippen LogP contribution in [0.25, 0.3) is 10.9 Å². The zero-order valence-corrected chi connectivity index (χ0v) is 22.6. The van der Waals surface area contributed by atoms with Crippen LogP contribution in [0.1, 0.15) is 65.9 Å². The van der Waals surface area contributed by atoms with E-state index in [9.17, 15) is 4.79 Å². The molecule has 3 heterocycles. The monoisotopic (exact) mass is 488 g/mol. The molecule has 8 heteroatoms. The number of pyridine rings is 2. The van der Waals surface area contributed by atoms with E-state index >= 15 is 0 Å². The molecule has 1 aliphatic carbocycles. The van der Waals surface area contributed by atoms with Crippen LogP contribution in [-0.2, 0) is 14.3 Å². The maximum absolute atomic E-state index is 10.6. The van der Waals surface area contributed by atoms with Gasteiger partial charge in [0.15, 0.2) is 0 Å². The lowest BCUT2D eigenvalue weighted by atomic mass is 9.93. The highest BCUT2D eigenvalue weighted by molar-refractivity contribution is 5.86. The van der Waals surface area contributed by atoms with Gasteiger partial charge in [-0.15, -0.1) is 0 Å². The Labute approximate surface area is 210 Å². The first-order valence-corrected chi connectivity index (χ1v) is 12.8. The standard InChI is InChI=1S/C20H26N4O3.C5H12O.C2H6/c1-14-10-17-18(21-12-14)11-19(24-6-8-26-9-7-24)23-20(17)27-16-4-2-15(3-5-16)22-13-25;1-5(2,3)6-4;1-2/h10-13,15-16H,2-9H2,1H3,(H,22,25);1-4H3;1-2H3. The van der Waals surface area contributed by atoms with Crippen LogP contribution < -0.4 is 15.0 Å². The molecule has 0 radical (unpaired) electrons. The van der Waals surface area contributed by atoms with Crippen LogP contribution in [-0.4, -0.2) is 67.5 Å². The number of amides is 1. The largest absolute Gasteiger partial charge is 0.474 e. The highest BCUT2D eigenvalue weighted by atomic mass is 16.5. The van der Waals surface area contributed by atoms with Gasteiger partial charge in [-0.1, -0.05) is 13.8 Å². The fraction of sp³-hybridized carbons (Fsp3) is 0.667. The topological polar surface area (TPSA) is 85.8 Å². The van der Waals surface area contributed by atoms with E-state index in [1.807, 2.05) is 53.8 Å². The molecule has 4 rings (SSSR count). The average Bonchev–Trinajstić information content (AvgIpc) is 2.87. The number of carbonyl (C=O) groups is 1. The van der Waals surface area contributed by atoms with Crippen LogP contribution in [0.3, 0.4) is 0 Å². The van der Waals surface area contributed by atoms with Crippen molar-refractivity contribution in [3.8, 4) is 5.88 Å². The Bertz CT molecular complexity index is 902. The number of aromatic nitrogens is 2. The van der Waals surface area contributed by atoms with Gasteiger partial charge in [0.2, 0.25) is 12.3 Å². The minimum atomic E-state index is 0.0417. The number of hydrogen-bond donors (Lipinski definition) is 1. The number of anilines is 1. The number of aryl methyl sites for hydroxylation is 1. The molecule has 8 nitrogen and oxygen atoms in total. The predicted molar refractivity (Wildman–Crippen MR) is 141 cm³/mol. The van der Waals surface area contributed by atoms with Gasteiger partial charge in [0.05, 0.1) is 29.7 Å². The molecule has 1 N–H and O–H groups in total. The van der Waals surface area contributed by atoms with Crippen LogP contribution in [0.2, 0.25) is 0 Å². The van der Waals surface area contributed by atoms with Crippen LogP contribution in [0.5, 0.6) is 5.88 Å². The Morgan fingerprint density at radius 1 is 1.11 bits per heavy atom. The van der Waals surface area contributed by atoms with E-state index in [4.69, 9.17) is 19.2 Å². The number of nitrogens with one attached hydrogen (secondary N) is 1. The van der Waals surface area contributed by atoms with Gasteiger partial charge in [0.1, 0.15) is 11.9 Å². The summed E-state index contributed by atoms with van der Waals surface area (Å²) in [7, 11) is 1.71. The Morgan fingerprint density at radius 2 is 1.74 bits per heavy atom. The lowest BCUT2D eigenvalue weighted by molar-refractivity contribution is -0.110. The van der Waals surface area contributed by atoms with E-state index < -0.39 is 0 Å². The van der Waals surface area contributed by atoms with E-state index in [2.05, 4.69) is 21.3 Å². The quantitative estimate of drug-likeness (QED) is 0.612. The number of carbonyl (C=O) groups excluding carboxylic acids is 1. The highest BCUT2D eigenvalue weighted by Gasteiger charge is 2.24. The molecule has 0 bridgehead atoms. The molecule has 35 heavy (non-hydrogen) atoms. The SMILES string of the molecule is CC.COC(C)(C)C.Cc1cnc2cc(N3CCOCC3)nc(OC3CCC(NC=O)CC3)c2c1. The van der Waals surface area contributed by atoms with Crippen molar-refractivity contribution in [3.63, 3.8) is 0 Å². The molecule has 2 aromatic rings. The summed E-state index contributed by atoms with van der Waals surface area (Å²) in [4.78, 5) is 22.3. The van der Waals surface area contributed by atoms with E-state index in [0.717, 1.165) is 67.5 Å². The van der Waals surface area contributed by atoms with Gasteiger partial charge in [-0.25, -0.2) is 0 Å². The maximum atomic E-state index is 10.6. The predicted octanol–water partition coefficient (Wildman–Crippen LogP) is 4.67. The van der Waals surface area contributed by atoms with Crippen molar-refractivity contribution in [2.45, 2.75) is 85.0 Å². The third kappa shape index (κ3) is 9.26. The van der Waals surface area contributed by atoms with Crippen molar-refractivity contribution in [2.24, 2.45) is 0 Å². The summed E-state index contributed by atoms with van der Waals surface area (Å²) < 4.78 is 16.8. The molecule has 1 amide bonds. The second-order valence-electron chi connectivity index (χ2n) is 9.66. The molecule has 1 aliphatic heterocycles. The Kier molecular flexibility index (Phi) is 11.7. The highest BCUT2D eigenvalue weighted by Crippen LogP contribution is 2.31. The normalized spacial score (nSPS) is 20.1. The van der Waals surface area contributed by atoms with Crippen molar-refractivity contribution in [3.05, 3.63) is 23.9 Å². The van der Waals surface area contributed by atoms with Crippen LogP contribution in [0.4, 0.5) is 5.82 Å². The lowest BCUT2D eigenvalue weighted by Crippen LogP contribution is -2.37. The van der Waals surface area contributed by atoms with Gasteiger partial charge >= 0.3 is 0 Å². The fourth-order valence-electron chi connectivity index (χ4n) is 3.83. The van der Waals surface area contributed by atoms with Gasteiger partial charge in [0.25, 0.3) is 0 Å². The molecule has 196 valence electrons. The van der Waals surface area contributed by atoms with Crippen molar-refractivity contribution >= 4 is 23.1 Å². The summed E-state index contributed by atoms with van der Waals surface area (Å²) in [6.07, 6.45) is 6.48. The molecule has 0 aromatic carbocycles. The Morgan fingerprint density at radius 3 is 2.31 bits per heavy atom. The van der Waals surface area contributed by atoms with E-state index in [1.54, 1.807) is 7.11 Å². The first-order valence-electron chi connectivity index (χ1n) is 12.8. The molecule has 2 fully saturated rings. The third-order valence-electron chi connectivity index (χ3n) is 5.97. The summed E-state index contributed by atoms with van der Waals surface area (Å²) in [6, 6.07) is 4.39. The first kappa shape index (κ1) is 28.8. The van der Waals surface area contributed by atoms with E-state index in [-0.39, 0.29) is 17.7 Å². The minimum absolute atomic E-state index is 0.0417. The zero-order valence-electron chi connectivity index (χ0n) is 22.6. The fourth-order valence-corrected chi connectivity index (χ4v) is 3.83. The van der Waals surface area contributed by atoms with Crippen LogP contribution in [0, 0.1) is 6.92 Å². The summed E-state index contributed by atoms with van der Waals surface area (Å²) in [6.45, 7) is 15.2. The Balaban J connectivity index is 0.000000474. The van der Waals surface area contributed by atoms with Crippen molar-refractivity contribution < 1.29 is 19.0 Å². The number of rotatable bonds is 5. The van der Waals surface area contributed by atoms with E-state index in [0.29, 0.717) is 19.1 Å². The smallest absolute Gasteiger partial charge is 0.225 e. The molecule has 0 unspecified atom stereocenters. The van der Waals surface area contributed by atoms with Gasteiger partial charge < -0.3 is 24.4 Å². The Hall–Kier alpha value is -2.45. The first-order chi connectivity index (χ1) is 16.8. The van der Waals surface area contributed by atoms with Crippen LogP contribution in [0.15, 0.2) is 18.3 Å². The molecule has 0 spiro atoms. The molecule has 2 aromatic heterocycles. The molecule has 1 saturated carbocycles. The summed E-state index contributed by atoms with van der Waals surface area (Å²) >= 11 is 0. The van der Waals surface area contributed by atoms with Crippen molar-refractivity contribution in [1.82, 2.24) is 15.3 Å². The van der Waals surface area contributed by atoms with Gasteiger partial charge in [0, 0.05) is 38.5 Å². The van der Waals surface area contributed by atoms with Crippen molar-refractivity contribution in [2.75, 3.05) is 38.3 Å². The molecular weight excluding hydrogens is 444 g/mol. The van der Waals surface area contributed by atoms with Crippen LogP contribution >= 0.6 is 0 Å². The number of methoxy groups -OCH3 is 1. The van der Waals surface area contributed by atoms with Gasteiger partial charge in [-0.2, -0.15) is 4.98 Å². The molecule has 1 saturated heterocycles. The molecule has 2 aliphatic rings. The third-order valence-corrected chi connectivity index (χ3v) is 5.97. The lowest BCUT2D eigenvalue weighted by Gasteiger charge is -2.30. The summed E-state index contributed by atoms with van der Waals surface area (Å²) in [5.41, 5.74) is 2.04. The van der Waals surface area contributed by atoms with Gasteiger partial charge in [-0.3, -0.25) is 9.78 Å². The summed E-state index contributed by atoms with van der Waals surface area (Å²) in [5, 5.41) is 3.84. The number of hydrogen-bond acceptors (Lipinski definition) is 7. The molecular formula is C27H44N4O4. The van der Waals surface area contributed by atoms with Crippen molar-refractivity contribution in [1.29, 1.82) is 0 Å². The maximum Gasteiger partial charge on any atom is 0.225 e. The van der Waals surface area contributed by atoms with Gasteiger partial charge in [-0.05, 0) is 65.0 Å². The number of ether oxygens (including phenoxy) is 3. The summed E-state index contributed by atoms with van der Waals surface area (Å²) in [5.74, 6) is 1.56. The average molecular weight is 489 g/mol. The zero-order chi connectivity index (χ0) is 25.8.